The van der Waals surface area contributed by atoms with Crippen LogP contribution in [0.3, 0.4) is 0 Å². The Morgan fingerprint density at radius 3 is 2.88 bits per heavy atom. The number of imidazole rings is 1. The van der Waals surface area contributed by atoms with E-state index in [2.05, 4.69) is 9.97 Å². The van der Waals surface area contributed by atoms with Crippen molar-refractivity contribution in [3.8, 4) is 0 Å². The lowest BCUT2D eigenvalue weighted by molar-refractivity contribution is 0.0527. The largest absolute Gasteiger partial charge is 0.462 e. The highest BCUT2D eigenvalue weighted by Gasteiger charge is 2.23. The minimum atomic E-state index is -0.664. The fraction of sp³-hybridized carbons (Fsp3) is 0.118. The van der Waals surface area contributed by atoms with Gasteiger partial charge in [0.15, 0.2) is 5.65 Å². The second kappa shape index (κ2) is 5.35. The third-order valence-corrected chi connectivity index (χ3v) is 4.07. The first-order valence-corrected chi connectivity index (χ1v) is 7.78. The summed E-state index contributed by atoms with van der Waals surface area (Å²) in [5.41, 5.74) is 1.84. The lowest BCUT2D eigenvalue weighted by Crippen LogP contribution is -2.20. The van der Waals surface area contributed by atoms with E-state index in [1.807, 2.05) is 24.3 Å². The molecule has 0 saturated heterocycles. The van der Waals surface area contributed by atoms with Gasteiger partial charge in [-0.25, -0.2) is 9.78 Å². The molecule has 0 fully saturated rings. The maximum absolute atomic E-state index is 12.8. The van der Waals surface area contributed by atoms with Crippen LogP contribution in [0.5, 0.6) is 0 Å². The zero-order valence-corrected chi connectivity index (χ0v) is 13.4. The number of esters is 1. The SMILES string of the molecule is CCOC(=O)c1c(=O)c2ccc(Cl)nc2n2c1[nH]c1ccccc12. The Balaban J connectivity index is 2.30. The predicted octanol–water partition coefficient (Wildman–Crippen LogP) is 3.16. The maximum Gasteiger partial charge on any atom is 0.345 e. The molecule has 0 aliphatic heterocycles. The van der Waals surface area contributed by atoms with Crippen LogP contribution in [0, 0.1) is 0 Å². The Bertz CT molecular complexity index is 1180. The molecule has 7 heteroatoms. The van der Waals surface area contributed by atoms with E-state index >= 15 is 0 Å². The Hall–Kier alpha value is -2.86. The molecule has 1 aromatic carbocycles. The van der Waals surface area contributed by atoms with Crippen molar-refractivity contribution in [2.45, 2.75) is 6.92 Å². The number of nitrogens with one attached hydrogen (secondary N) is 1. The summed E-state index contributed by atoms with van der Waals surface area (Å²) in [5, 5.41) is 0.578. The number of ether oxygens (including phenoxy) is 1. The molecule has 3 heterocycles. The summed E-state index contributed by atoms with van der Waals surface area (Å²) in [6.45, 7) is 1.88. The summed E-state index contributed by atoms with van der Waals surface area (Å²) >= 11 is 6.01. The lowest BCUT2D eigenvalue weighted by Gasteiger charge is -2.07. The third kappa shape index (κ3) is 2.00. The van der Waals surface area contributed by atoms with Gasteiger partial charge >= 0.3 is 5.97 Å². The average Bonchev–Trinajstić information content (AvgIpc) is 2.94. The van der Waals surface area contributed by atoms with Gasteiger partial charge in [-0.1, -0.05) is 23.7 Å². The first-order valence-electron chi connectivity index (χ1n) is 7.40. The van der Waals surface area contributed by atoms with Gasteiger partial charge in [-0.2, -0.15) is 0 Å². The highest BCUT2D eigenvalue weighted by atomic mass is 35.5. The van der Waals surface area contributed by atoms with Gasteiger partial charge in [0.1, 0.15) is 16.4 Å². The van der Waals surface area contributed by atoms with Gasteiger partial charge in [-0.15, -0.1) is 0 Å². The van der Waals surface area contributed by atoms with Crippen molar-refractivity contribution in [3.63, 3.8) is 0 Å². The van der Waals surface area contributed by atoms with E-state index in [9.17, 15) is 9.59 Å². The molecule has 24 heavy (non-hydrogen) atoms. The molecule has 0 aliphatic rings. The second-order valence-electron chi connectivity index (χ2n) is 5.26. The molecule has 0 unspecified atom stereocenters. The van der Waals surface area contributed by atoms with E-state index in [1.165, 1.54) is 6.07 Å². The van der Waals surface area contributed by atoms with Crippen molar-refractivity contribution < 1.29 is 9.53 Å². The summed E-state index contributed by atoms with van der Waals surface area (Å²) in [7, 11) is 0. The molecule has 3 aromatic heterocycles. The molecular formula is C17H12ClN3O3. The average molecular weight is 342 g/mol. The number of aromatic nitrogens is 3. The number of carbonyl (C=O) groups is 1. The molecule has 0 bridgehead atoms. The smallest absolute Gasteiger partial charge is 0.345 e. The van der Waals surface area contributed by atoms with Crippen molar-refractivity contribution in [2.24, 2.45) is 0 Å². The number of para-hydroxylation sites is 2. The number of rotatable bonds is 2. The molecule has 6 nitrogen and oxygen atoms in total. The van der Waals surface area contributed by atoms with Gasteiger partial charge in [-0.3, -0.25) is 9.20 Å². The molecule has 4 rings (SSSR count). The summed E-state index contributed by atoms with van der Waals surface area (Å²) in [5.74, 6) is -0.664. The number of H-pyrrole nitrogens is 1. The van der Waals surface area contributed by atoms with Crippen LogP contribution < -0.4 is 5.43 Å². The highest BCUT2D eigenvalue weighted by Crippen LogP contribution is 2.23. The molecule has 0 radical (unpaired) electrons. The zero-order valence-electron chi connectivity index (χ0n) is 12.7. The number of hydrogen-bond donors (Lipinski definition) is 1. The van der Waals surface area contributed by atoms with Crippen LogP contribution in [0.4, 0.5) is 0 Å². The van der Waals surface area contributed by atoms with Gasteiger partial charge in [0.25, 0.3) is 0 Å². The number of benzene rings is 1. The van der Waals surface area contributed by atoms with Crippen LogP contribution in [0.1, 0.15) is 17.3 Å². The molecule has 0 saturated carbocycles. The van der Waals surface area contributed by atoms with Crippen LogP contribution in [0.15, 0.2) is 41.2 Å². The Morgan fingerprint density at radius 1 is 1.29 bits per heavy atom. The minimum absolute atomic E-state index is 0.0373. The van der Waals surface area contributed by atoms with Gasteiger partial charge in [0, 0.05) is 0 Å². The van der Waals surface area contributed by atoms with Crippen LogP contribution >= 0.6 is 11.6 Å². The molecule has 120 valence electrons. The first kappa shape index (κ1) is 14.7. The molecule has 0 atom stereocenters. The van der Waals surface area contributed by atoms with E-state index in [4.69, 9.17) is 16.3 Å². The quantitative estimate of drug-likeness (QED) is 0.449. The molecule has 4 aromatic rings. The summed E-state index contributed by atoms with van der Waals surface area (Å²) in [4.78, 5) is 32.6. The van der Waals surface area contributed by atoms with E-state index in [1.54, 1.807) is 17.4 Å². The standard InChI is InChI=1S/C17H12ClN3O3/c1-2-24-17(23)13-14(22)9-7-8-12(18)20-15(9)21-11-6-4-3-5-10(11)19-16(13)21/h3-8,19H,2H2,1H3. The molecule has 1 N–H and O–H groups in total. The summed E-state index contributed by atoms with van der Waals surface area (Å²) < 4.78 is 6.79. The number of carbonyl (C=O) groups excluding carboxylic acids is 1. The Labute approximate surface area is 140 Å². The van der Waals surface area contributed by atoms with Crippen molar-refractivity contribution >= 4 is 45.3 Å². The molecular weight excluding hydrogens is 330 g/mol. The third-order valence-electron chi connectivity index (χ3n) is 3.86. The van der Waals surface area contributed by atoms with Crippen molar-refractivity contribution in [2.75, 3.05) is 6.61 Å². The Morgan fingerprint density at radius 2 is 2.08 bits per heavy atom. The summed E-state index contributed by atoms with van der Waals surface area (Å²) in [6, 6.07) is 10.6. The van der Waals surface area contributed by atoms with E-state index < -0.39 is 11.4 Å². The Kier molecular flexibility index (Phi) is 3.28. The maximum atomic E-state index is 12.8. The van der Waals surface area contributed by atoms with Crippen molar-refractivity contribution in [1.29, 1.82) is 0 Å². The van der Waals surface area contributed by atoms with E-state index in [0.717, 1.165) is 11.0 Å². The topological polar surface area (TPSA) is 76.5 Å². The molecule has 0 spiro atoms. The van der Waals surface area contributed by atoms with Gasteiger partial charge in [-0.05, 0) is 31.2 Å². The van der Waals surface area contributed by atoms with Crippen molar-refractivity contribution in [1.82, 2.24) is 14.4 Å². The summed E-state index contributed by atoms with van der Waals surface area (Å²) in [6.07, 6.45) is 0. The number of aromatic amines is 1. The second-order valence-corrected chi connectivity index (χ2v) is 5.64. The number of fused-ring (bicyclic) bond motifs is 5. The predicted molar refractivity (Wildman–Crippen MR) is 91.8 cm³/mol. The zero-order chi connectivity index (χ0) is 16.8. The van der Waals surface area contributed by atoms with Crippen LogP contribution in [-0.2, 0) is 4.74 Å². The van der Waals surface area contributed by atoms with Crippen molar-refractivity contribution in [3.05, 3.63) is 57.3 Å². The monoisotopic (exact) mass is 341 g/mol. The number of halogens is 1. The number of pyridine rings is 2. The highest BCUT2D eigenvalue weighted by molar-refractivity contribution is 6.29. The van der Waals surface area contributed by atoms with Gasteiger partial charge in [0.05, 0.1) is 23.0 Å². The minimum Gasteiger partial charge on any atom is -0.462 e. The number of nitrogens with zero attached hydrogens (tertiary/aromatic N) is 2. The van der Waals surface area contributed by atoms with Gasteiger partial charge in [0.2, 0.25) is 5.43 Å². The van der Waals surface area contributed by atoms with Crippen LogP contribution in [0.25, 0.3) is 27.7 Å². The number of hydrogen-bond acceptors (Lipinski definition) is 4. The van der Waals surface area contributed by atoms with Gasteiger partial charge < -0.3 is 9.72 Å². The van der Waals surface area contributed by atoms with E-state index in [0.29, 0.717) is 16.7 Å². The van der Waals surface area contributed by atoms with Crippen LogP contribution in [0.2, 0.25) is 5.15 Å². The van der Waals surface area contributed by atoms with Crippen LogP contribution in [-0.4, -0.2) is 26.9 Å². The lowest BCUT2D eigenvalue weighted by atomic mass is 10.2. The molecule has 0 aliphatic carbocycles. The fourth-order valence-electron chi connectivity index (χ4n) is 2.88. The normalized spacial score (nSPS) is 11.4. The fourth-order valence-corrected chi connectivity index (χ4v) is 3.02. The van der Waals surface area contributed by atoms with E-state index in [-0.39, 0.29) is 17.3 Å². The first-order chi connectivity index (χ1) is 11.6. The molecule has 0 amide bonds.